The summed E-state index contributed by atoms with van der Waals surface area (Å²) >= 11 is 6.19. The van der Waals surface area contributed by atoms with Crippen LogP contribution >= 0.6 is 11.6 Å². The Hall–Kier alpha value is -3.84. The molecular formula is C24H19ClN4O3. The average Bonchev–Trinajstić information content (AvgIpc) is 3.15. The molecule has 7 nitrogen and oxygen atoms in total. The van der Waals surface area contributed by atoms with Crippen LogP contribution in [0.5, 0.6) is 11.5 Å². The molecule has 0 radical (unpaired) electrons. The molecule has 3 heterocycles. The first-order valence-corrected chi connectivity index (χ1v) is 10.3. The van der Waals surface area contributed by atoms with Crippen LogP contribution in [0.4, 0.5) is 0 Å². The van der Waals surface area contributed by atoms with Crippen LogP contribution in [-0.4, -0.2) is 33.4 Å². The number of nitrogens with zero attached hydrogens (tertiary/aromatic N) is 4. The average molecular weight is 447 g/mol. The van der Waals surface area contributed by atoms with Gasteiger partial charge in [-0.3, -0.25) is 9.36 Å². The molecule has 0 unspecified atom stereocenters. The van der Waals surface area contributed by atoms with E-state index in [-0.39, 0.29) is 5.56 Å². The number of hydrogen-bond donors (Lipinski definition) is 0. The summed E-state index contributed by atoms with van der Waals surface area (Å²) in [5, 5.41) is 5.75. The summed E-state index contributed by atoms with van der Waals surface area (Å²) in [6.45, 7) is 1.92. The third kappa shape index (κ3) is 3.09. The second-order valence-electron chi connectivity index (χ2n) is 7.29. The van der Waals surface area contributed by atoms with Gasteiger partial charge >= 0.3 is 0 Å². The molecule has 5 aromatic rings. The molecule has 0 N–H and O–H groups in total. The van der Waals surface area contributed by atoms with Crippen molar-refractivity contribution in [1.82, 2.24) is 19.2 Å². The molecule has 3 aromatic heterocycles. The Balaban J connectivity index is 1.74. The van der Waals surface area contributed by atoms with Crippen LogP contribution in [0.15, 0.2) is 65.7 Å². The maximum absolute atomic E-state index is 13.4. The molecular weight excluding hydrogens is 428 g/mol. The fourth-order valence-electron chi connectivity index (χ4n) is 3.93. The maximum Gasteiger partial charge on any atom is 0.266 e. The summed E-state index contributed by atoms with van der Waals surface area (Å²) in [7, 11) is 3.14. The van der Waals surface area contributed by atoms with Crippen LogP contribution in [0.1, 0.15) is 5.69 Å². The van der Waals surface area contributed by atoms with Crippen LogP contribution in [0, 0.1) is 6.92 Å². The normalized spacial score (nSPS) is 11.2. The van der Waals surface area contributed by atoms with Gasteiger partial charge in [0.15, 0.2) is 5.65 Å². The first kappa shape index (κ1) is 20.1. The van der Waals surface area contributed by atoms with E-state index in [0.717, 1.165) is 16.8 Å². The standard InChI is InChI=1S/C24H19ClN4O3/c1-14-22(15-5-4-6-16(25)11-15)23-26-13-18-19(29(23)27-14)9-10-28(24(18)30)20-8-7-17(31-2)12-21(20)32-3/h4-13H,1-3H3. The highest BCUT2D eigenvalue weighted by Crippen LogP contribution is 2.31. The first-order chi connectivity index (χ1) is 15.5. The zero-order valence-electron chi connectivity index (χ0n) is 17.7. The number of rotatable bonds is 4. The smallest absolute Gasteiger partial charge is 0.266 e. The van der Waals surface area contributed by atoms with Crippen molar-refractivity contribution in [1.29, 1.82) is 0 Å². The Morgan fingerprint density at radius 2 is 1.88 bits per heavy atom. The van der Waals surface area contributed by atoms with Crippen molar-refractivity contribution < 1.29 is 9.47 Å². The fourth-order valence-corrected chi connectivity index (χ4v) is 4.12. The van der Waals surface area contributed by atoms with Gasteiger partial charge in [-0.1, -0.05) is 23.7 Å². The first-order valence-electron chi connectivity index (χ1n) is 9.90. The van der Waals surface area contributed by atoms with Crippen LogP contribution in [0.3, 0.4) is 0 Å². The van der Waals surface area contributed by atoms with Crippen LogP contribution in [0.2, 0.25) is 5.02 Å². The van der Waals surface area contributed by atoms with Crippen molar-refractivity contribution in [2.45, 2.75) is 6.92 Å². The highest BCUT2D eigenvalue weighted by atomic mass is 35.5. The SMILES string of the molecule is COc1ccc(-n2ccc3c(cnc4c(-c5cccc(Cl)c5)c(C)nn43)c2=O)c(OC)c1. The number of benzene rings is 2. The van der Waals surface area contributed by atoms with Crippen molar-refractivity contribution in [2.75, 3.05) is 14.2 Å². The third-order valence-corrected chi connectivity index (χ3v) is 5.68. The fraction of sp³-hybridized carbons (Fsp3) is 0.125. The number of aryl methyl sites for hydroxylation is 1. The van der Waals surface area contributed by atoms with Crippen molar-refractivity contribution in [3.63, 3.8) is 0 Å². The van der Waals surface area contributed by atoms with E-state index in [0.29, 0.717) is 38.8 Å². The number of pyridine rings is 1. The van der Waals surface area contributed by atoms with E-state index >= 15 is 0 Å². The Morgan fingerprint density at radius 3 is 2.62 bits per heavy atom. The van der Waals surface area contributed by atoms with Gasteiger partial charge in [0.1, 0.15) is 11.5 Å². The lowest BCUT2D eigenvalue weighted by molar-refractivity contribution is 0.393. The quantitative estimate of drug-likeness (QED) is 0.401. The van der Waals surface area contributed by atoms with Gasteiger partial charge in [-0.2, -0.15) is 5.10 Å². The Kier molecular flexibility index (Phi) is 4.83. The molecule has 0 aliphatic heterocycles. The van der Waals surface area contributed by atoms with Crippen LogP contribution < -0.4 is 15.0 Å². The van der Waals surface area contributed by atoms with Crippen LogP contribution in [-0.2, 0) is 0 Å². The number of fused-ring (bicyclic) bond motifs is 3. The molecule has 0 bridgehead atoms. The number of halogens is 1. The molecule has 0 spiro atoms. The van der Waals surface area contributed by atoms with Gasteiger partial charge in [-0.05, 0) is 42.8 Å². The number of ether oxygens (including phenoxy) is 2. The van der Waals surface area contributed by atoms with Gasteiger partial charge in [0.05, 0.1) is 36.5 Å². The lowest BCUT2D eigenvalue weighted by Gasteiger charge is -2.13. The largest absolute Gasteiger partial charge is 0.497 e. The molecule has 0 atom stereocenters. The second-order valence-corrected chi connectivity index (χ2v) is 7.73. The van der Waals surface area contributed by atoms with E-state index in [1.807, 2.05) is 37.3 Å². The molecule has 5 rings (SSSR count). The van der Waals surface area contributed by atoms with Crippen molar-refractivity contribution in [2.24, 2.45) is 0 Å². The zero-order valence-corrected chi connectivity index (χ0v) is 18.4. The minimum atomic E-state index is -0.224. The van der Waals surface area contributed by atoms with Gasteiger partial charge in [0, 0.05) is 29.0 Å². The van der Waals surface area contributed by atoms with Crippen LogP contribution in [0.25, 0.3) is 33.4 Å². The van der Waals surface area contributed by atoms with E-state index in [2.05, 4.69) is 10.1 Å². The summed E-state index contributed by atoms with van der Waals surface area (Å²) < 4.78 is 14.0. The molecule has 0 aliphatic rings. The maximum atomic E-state index is 13.4. The van der Waals surface area contributed by atoms with E-state index in [4.69, 9.17) is 21.1 Å². The van der Waals surface area contributed by atoms with E-state index < -0.39 is 0 Å². The molecule has 0 saturated carbocycles. The highest BCUT2D eigenvalue weighted by Gasteiger charge is 2.18. The summed E-state index contributed by atoms with van der Waals surface area (Å²) in [6.07, 6.45) is 3.30. The van der Waals surface area contributed by atoms with Gasteiger partial charge in [-0.15, -0.1) is 0 Å². The molecule has 8 heteroatoms. The van der Waals surface area contributed by atoms with Gasteiger partial charge in [0.25, 0.3) is 5.56 Å². The molecule has 0 fully saturated rings. The highest BCUT2D eigenvalue weighted by molar-refractivity contribution is 6.30. The summed E-state index contributed by atoms with van der Waals surface area (Å²) in [6, 6.07) is 14.7. The molecule has 160 valence electrons. The van der Waals surface area contributed by atoms with Crippen molar-refractivity contribution in [3.05, 3.63) is 82.0 Å². The lowest BCUT2D eigenvalue weighted by atomic mass is 10.1. The van der Waals surface area contributed by atoms with Crippen molar-refractivity contribution in [3.8, 4) is 28.3 Å². The predicted molar refractivity (Wildman–Crippen MR) is 124 cm³/mol. The second kappa shape index (κ2) is 7.69. The number of methoxy groups -OCH3 is 2. The lowest BCUT2D eigenvalue weighted by Crippen LogP contribution is -2.19. The summed E-state index contributed by atoms with van der Waals surface area (Å²) in [4.78, 5) is 18.0. The number of hydrogen-bond acceptors (Lipinski definition) is 5. The summed E-state index contributed by atoms with van der Waals surface area (Å²) in [5.41, 5.74) is 4.32. The Labute approximate surface area is 188 Å². The molecule has 0 saturated heterocycles. The Bertz CT molecular complexity index is 1560. The Morgan fingerprint density at radius 1 is 1.03 bits per heavy atom. The van der Waals surface area contributed by atoms with Gasteiger partial charge in [-0.25, -0.2) is 9.50 Å². The minimum absolute atomic E-state index is 0.224. The topological polar surface area (TPSA) is 70.6 Å². The molecule has 2 aromatic carbocycles. The molecule has 0 amide bonds. The number of aromatic nitrogens is 4. The van der Waals surface area contributed by atoms with E-state index in [1.54, 1.807) is 49.3 Å². The van der Waals surface area contributed by atoms with E-state index in [1.165, 1.54) is 4.57 Å². The molecule has 0 aliphatic carbocycles. The summed E-state index contributed by atoms with van der Waals surface area (Å²) in [5.74, 6) is 1.17. The zero-order chi connectivity index (χ0) is 22.4. The van der Waals surface area contributed by atoms with Gasteiger partial charge < -0.3 is 9.47 Å². The monoisotopic (exact) mass is 446 g/mol. The van der Waals surface area contributed by atoms with Gasteiger partial charge in [0.2, 0.25) is 0 Å². The van der Waals surface area contributed by atoms with E-state index in [9.17, 15) is 4.79 Å². The van der Waals surface area contributed by atoms with Crippen molar-refractivity contribution >= 4 is 28.2 Å². The molecule has 32 heavy (non-hydrogen) atoms. The third-order valence-electron chi connectivity index (χ3n) is 5.45. The predicted octanol–water partition coefficient (Wildman–Crippen LogP) is 4.68. The minimum Gasteiger partial charge on any atom is -0.497 e.